The molecule has 1 fully saturated rings. The molecule has 1 rings (SSSR count). The highest BCUT2D eigenvalue weighted by molar-refractivity contribution is 4.91. The molecule has 0 amide bonds. The summed E-state index contributed by atoms with van der Waals surface area (Å²) >= 11 is 0. The van der Waals surface area contributed by atoms with Gasteiger partial charge in [0.05, 0.1) is 5.60 Å². The molecular formula is C15H30O2. The second-order valence-electron chi connectivity index (χ2n) is 6.28. The summed E-state index contributed by atoms with van der Waals surface area (Å²) in [5, 5.41) is 0. The summed E-state index contributed by atoms with van der Waals surface area (Å²) in [6, 6.07) is 0. The summed E-state index contributed by atoms with van der Waals surface area (Å²) in [5.74, 6) is 0. The lowest BCUT2D eigenvalue weighted by Crippen LogP contribution is -2.35. The number of rotatable bonds is 8. The molecule has 0 radical (unpaired) electrons. The van der Waals surface area contributed by atoms with Crippen LogP contribution in [0.3, 0.4) is 0 Å². The zero-order valence-corrected chi connectivity index (χ0v) is 12.2. The summed E-state index contributed by atoms with van der Waals surface area (Å²) in [7, 11) is 1.76. The van der Waals surface area contributed by atoms with E-state index in [1.165, 1.54) is 38.5 Å². The third kappa shape index (κ3) is 4.97. The molecule has 0 aromatic heterocycles. The van der Waals surface area contributed by atoms with Crippen LogP contribution in [0.1, 0.15) is 65.7 Å². The van der Waals surface area contributed by atoms with E-state index in [1.807, 2.05) is 0 Å². The van der Waals surface area contributed by atoms with Crippen LogP contribution in [0.15, 0.2) is 0 Å². The van der Waals surface area contributed by atoms with E-state index in [9.17, 15) is 0 Å². The highest BCUT2D eigenvalue weighted by Crippen LogP contribution is 2.43. The standard InChI is InChI=1S/C15H30O2/c1-5-14(2,3)13-15(9-6-7-10-15)17-12-8-11-16-4/h5-13H2,1-4H3. The Morgan fingerprint density at radius 2 is 1.76 bits per heavy atom. The molecular weight excluding hydrogens is 212 g/mol. The first-order valence-corrected chi connectivity index (χ1v) is 7.16. The maximum absolute atomic E-state index is 6.25. The van der Waals surface area contributed by atoms with Gasteiger partial charge in [0.1, 0.15) is 0 Å². The third-order valence-electron chi connectivity index (χ3n) is 4.17. The zero-order valence-electron chi connectivity index (χ0n) is 12.2. The monoisotopic (exact) mass is 242 g/mol. The molecule has 0 aliphatic heterocycles. The van der Waals surface area contributed by atoms with Crippen molar-refractivity contribution < 1.29 is 9.47 Å². The molecule has 2 nitrogen and oxygen atoms in total. The van der Waals surface area contributed by atoms with E-state index in [-0.39, 0.29) is 5.60 Å². The maximum Gasteiger partial charge on any atom is 0.0687 e. The minimum Gasteiger partial charge on any atom is -0.385 e. The third-order valence-corrected chi connectivity index (χ3v) is 4.17. The number of hydrogen-bond acceptors (Lipinski definition) is 2. The van der Waals surface area contributed by atoms with Crippen LogP contribution in [0.4, 0.5) is 0 Å². The molecule has 0 saturated heterocycles. The van der Waals surface area contributed by atoms with Gasteiger partial charge in [-0.1, -0.05) is 40.0 Å². The maximum atomic E-state index is 6.25. The van der Waals surface area contributed by atoms with Crippen LogP contribution in [0.5, 0.6) is 0 Å². The smallest absolute Gasteiger partial charge is 0.0687 e. The van der Waals surface area contributed by atoms with Gasteiger partial charge in [0.15, 0.2) is 0 Å². The van der Waals surface area contributed by atoms with Crippen LogP contribution >= 0.6 is 0 Å². The van der Waals surface area contributed by atoms with Crippen molar-refractivity contribution in [3.8, 4) is 0 Å². The van der Waals surface area contributed by atoms with Crippen molar-refractivity contribution in [2.24, 2.45) is 5.41 Å². The lowest BCUT2D eigenvalue weighted by atomic mass is 9.77. The predicted octanol–water partition coefficient (Wildman–Crippen LogP) is 4.18. The number of ether oxygens (including phenoxy) is 2. The molecule has 17 heavy (non-hydrogen) atoms. The molecule has 0 N–H and O–H groups in total. The molecule has 2 heteroatoms. The summed E-state index contributed by atoms with van der Waals surface area (Å²) in [6.07, 6.45) is 8.64. The van der Waals surface area contributed by atoms with Crippen molar-refractivity contribution in [2.75, 3.05) is 20.3 Å². The van der Waals surface area contributed by atoms with Gasteiger partial charge in [-0.15, -0.1) is 0 Å². The predicted molar refractivity (Wildman–Crippen MR) is 72.3 cm³/mol. The first-order chi connectivity index (χ1) is 8.04. The van der Waals surface area contributed by atoms with Crippen LogP contribution in [0.25, 0.3) is 0 Å². The van der Waals surface area contributed by atoms with Crippen LogP contribution < -0.4 is 0 Å². The summed E-state index contributed by atoms with van der Waals surface area (Å²) in [6.45, 7) is 8.69. The molecule has 0 bridgehead atoms. The van der Waals surface area contributed by atoms with Gasteiger partial charge in [-0.25, -0.2) is 0 Å². The van der Waals surface area contributed by atoms with Crippen molar-refractivity contribution in [3.05, 3.63) is 0 Å². The Bertz CT molecular complexity index is 205. The highest BCUT2D eigenvalue weighted by Gasteiger charge is 2.38. The Balaban J connectivity index is 2.45. The van der Waals surface area contributed by atoms with E-state index < -0.39 is 0 Å². The van der Waals surface area contributed by atoms with Crippen LogP contribution in [0, 0.1) is 5.41 Å². The summed E-state index contributed by atoms with van der Waals surface area (Å²) < 4.78 is 11.3. The largest absolute Gasteiger partial charge is 0.385 e. The van der Waals surface area contributed by atoms with E-state index in [0.717, 1.165) is 19.6 Å². The Morgan fingerprint density at radius 1 is 1.12 bits per heavy atom. The Morgan fingerprint density at radius 3 is 2.29 bits per heavy atom. The molecule has 1 saturated carbocycles. The van der Waals surface area contributed by atoms with Gasteiger partial charge in [-0.2, -0.15) is 0 Å². The van der Waals surface area contributed by atoms with Crippen molar-refractivity contribution in [2.45, 2.75) is 71.3 Å². The Labute approximate surface area is 107 Å². The lowest BCUT2D eigenvalue weighted by Gasteiger charge is -2.37. The van der Waals surface area contributed by atoms with Gasteiger partial charge in [0.2, 0.25) is 0 Å². The SMILES string of the molecule is CCC(C)(C)CC1(OCCCOC)CCCC1. The van der Waals surface area contributed by atoms with Crippen LogP contribution in [-0.4, -0.2) is 25.9 Å². The first kappa shape index (κ1) is 15.0. The molecule has 0 atom stereocenters. The molecule has 1 aliphatic carbocycles. The van der Waals surface area contributed by atoms with Crippen molar-refractivity contribution in [1.29, 1.82) is 0 Å². The molecule has 0 aromatic rings. The first-order valence-electron chi connectivity index (χ1n) is 7.16. The van der Waals surface area contributed by atoms with Gasteiger partial charge >= 0.3 is 0 Å². The van der Waals surface area contributed by atoms with Crippen molar-refractivity contribution in [3.63, 3.8) is 0 Å². The molecule has 0 aromatic carbocycles. The van der Waals surface area contributed by atoms with Gasteiger partial charge in [0, 0.05) is 20.3 Å². The van der Waals surface area contributed by atoms with E-state index in [2.05, 4.69) is 20.8 Å². The summed E-state index contributed by atoms with van der Waals surface area (Å²) in [4.78, 5) is 0. The molecule has 0 heterocycles. The molecule has 0 spiro atoms. The van der Waals surface area contributed by atoms with Crippen molar-refractivity contribution in [1.82, 2.24) is 0 Å². The minimum absolute atomic E-state index is 0.174. The van der Waals surface area contributed by atoms with Gasteiger partial charge in [-0.05, 0) is 31.1 Å². The quantitative estimate of drug-likeness (QED) is 0.594. The normalized spacial score (nSPS) is 19.8. The van der Waals surface area contributed by atoms with E-state index in [0.29, 0.717) is 5.41 Å². The lowest BCUT2D eigenvalue weighted by molar-refractivity contribution is -0.0725. The Hall–Kier alpha value is -0.0800. The van der Waals surface area contributed by atoms with E-state index in [4.69, 9.17) is 9.47 Å². The second-order valence-corrected chi connectivity index (χ2v) is 6.28. The number of methoxy groups -OCH3 is 1. The molecule has 102 valence electrons. The fourth-order valence-corrected chi connectivity index (χ4v) is 2.88. The fourth-order valence-electron chi connectivity index (χ4n) is 2.88. The topological polar surface area (TPSA) is 18.5 Å². The minimum atomic E-state index is 0.174. The fraction of sp³-hybridized carbons (Fsp3) is 1.00. The highest BCUT2D eigenvalue weighted by atomic mass is 16.5. The zero-order chi connectivity index (χ0) is 12.8. The van der Waals surface area contributed by atoms with Crippen LogP contribution in [0.2, 0.25) is 0 Å². The Kier molecular flexibility index (Phi) is 5.94. The van der Waals surface area contributed by atoms with E-state index >= 15 is 0 Å². The molecule has 1 aliphatic rings. The average molecular weight is 242 g/mol. The van der Waals surface area contributed by atoms with Crippen molar-refractivity contribution >= 4 is 0 Å². The average Bonchev–Trinajstić information content (AvgIpc) is 2.73. The summed E-state index contributed by atoms with van der Waals surface area (Å²) in [5.41, 5.74) is 0.582. The molecule has 0 unspecified atom stereocenters. The van der Waals surface area contributed by atoms with Gasteiger partial charge < -0.3 is 9.47 Å². The number of hydrogen-bond donors (Lipinski definition) is 0. The second kappa shape index (κ2) is 6.75. The van der Waals surface area contributed by atoms with Crippen LogP contribution in [-0.2, 0) is 9.47 Å². The van der Waals surface area contributed by atoms with Gasteiger partial charge in [0.25, 0.3) is 0 Å². The van der Waals surface area contributed by atoms with Gasteiger partial charge in [-0.3, -0.25) is 0 Å². The van der Waals surface area contributed by atoms with E-state index in [1.54, 1.807) is 7.11 Å².